The van der Waals surface area contributed by atoms with Crippen molar-refractivity contribution in [3.63, 3.8) is 0 Å². The maximum Gasteiger partial charge on any atom is 0.122 e. The molecule has 2 heteroatoms. The topological polar surface area (TPSA) is 9.23 Å². The first-order valence-electron chi connectivity index (χ1n) is 7.52. The molecule has 102 valence electrons. The van der Waals surface area contributed by atoms with Crippen LogP contribution in [0.2, 0.25) is 0 Å². The van der Waals surface area contributed by atoms with Crippen LogP contribution in [0.25, 0.3) is 0 Å². The van der Waals surface area contributed by atoms with Crippen molar-refractivity contribution in [2.45, 2.75) is 43.9 Å². The summed E-state index contributed by atoms with van der Waals surface area (Å²) in [6, 6.07) is 6.56. The lowest BCUT2D eigenvalue weighted by Crippen LogP contribution is -2.48. The Kier molecular flexibility index (Phi) is 2.74. The molecule has 5 rings (SSSR count). The first kappa shape index (κ1) is 12.3. The van der Waals surface area contributed by atoms with Crippen molar-refractivity contribution < 1.29 is 4.74 Å². The van der Waals surface area contributed by atoms with E-state index in [0.717, 1.165) is 23.5 Å². The van der Waals surface area contributed by atoms with Gasteiger partial charge in [0, 0.05) is 10.0 Å². The number of rotatable bonds is 2. The molecule has 0 heterocycles. The highest BCUT2D eigenvalue weighted by Crippen LogP contribution is 2.62. The fourth-order valence-corrected chi connectivity index (χ4v) is 5.90. The predicted molar refractivity (Wildman–Crippen MR) is 80.5 cm³/mol. The first-order valence-corrected chi connectivity index (χ1v) is 8.32. The van der Waals surface area contributed by atoms with E-state index >= 15 is 0 Å². The van der Waals surface area contributed by atoms with Crippen LogP contribution >= 0.6 is 15.9 Å². The van der Waals surface area contributed by atoms with Crippen LogP contribution in [-0.4, -0.2) is 7.11 Å². The molecule has 0 unspecified atom stereocenters. The Bertz CT molecular complexity index is 473. The van der Waals surface area contributed by atoms with Gasteiger partial charge >= 0.3 is 0 Å². The number of hydrogen-bond donors (Lipinski definition) is 0. The Morgan fingerprint density at radius 1 is 1.05 bits per heavy atom. The smallest absolute Gasteiger partial charge is 0.122 e. The lowest BCUT2D eigenvalue weighted by molar-refractivity contribution is -0.00618. The molecule has 4 bridgehead atoms. The van der Waals surface area contributed by atoms with Crippen LogP contribution < -0.4 is 4.74 Å². The van der Waals surface area contributed by atoms with Gasteiger partial charge in [0.2, 0.25) is 0 Å². The molecule has 4 fully saturated rings. The van der Waals surface area contributed by atoms with Crippen LogP contribution in [-0.2, 0) is 5.41 Å². The zero-order valence-corrected chi connectivity index (χ0v) is 13.1. The Hall–Kier alpha value is -0.500. The molecule has 4 aliphatic rings. The largest absolute Gasteiger partial charge is 0.496 e. The van der Waals surface area contributed by atoms with Crippen LogP contribution in [0, 0.1) is 17.8 Å². The van der Waals surface area contributed by atoms with Crippen molar-refractivity contribution in [2.24, 2.45) is 17.8 Å². The minimum absolute atomic E-state index is 0.421. The monoisotopic (exact) mass is 320 g/mol. The summed E-state index contributed by atoms with van der Waals surface area (Å²) in [5, 5.41) is 0. The average Bonchev–Trinajstić information content (AvgIpc) is 2.37. The highest BCUT2D eigenvalue weighted by atomic mass is 79.9. The van der Waals surface area contributed by atoms with Gasteiger partial charge in [-0.2, -0.15) is 0 Å². The molecule has 0 saturated heterocycles. The molecular weight excluding hydrogens is 300 g/mol. The third kappa shape index (κ3) is 1.86. The number of halogens is 1. The normalized spacial score (nSPS) is 39.6. The molecular formula is C17H21BrO. The zero-order valence-electron chi connectivity index (χ0n) is 11.5. The van der Waals surface area contributed by atoms with Gasteiger partial charge in [-0.15, -0.1) is 0 Å². The van der Waals surface area contributed by atoms with E-state index in [1.54, 1.807) is 0 Å². The Labute approximate surface area is 123 Å². The van der Waals surface area contributed by atoms with Gasteiger partial charge in [0.1, 0.15) is 5.75 Å². The Morgan fingerprint density at radius 2 is 1.63 bits per heavy atom. The molecule has 1 aromatic carbocycles. The summed E-state index contributed by atoms with van der Waals surface area (Å²) in [5.74, 6) is 4.05. The standard InChI is InChI=1S/C17H21BrO/c1-19-16-3-2-14(18)7-15(16)17-8-11-4-12(9-17)6-13(5-11)10-17/h2-3,7,11-13H,4-6,8-10H2,1H3. The number of ether oxygens (including phenoxy) is 1. The van der Waals surface area contributed by atoms with Gasteiger partial charge in [-0.3, -0.25) is 0 Å². The number of methoxy groups -OCH3 is 1. The van der Waals surface area contributed by atoms with E-state index < -0.39 is 0 Å². The summed E-state index contributed by atoms with van der Waals surface area (Å²) in [4.78, 5) is 0. The molecule has 4 aliphatic carbocycles. The maximum atomic E-state index is 5.67. The Balaban J connectivity index is 1.81. The predicted octanol–water partition coefficient (Wildman–Crippen LogP) is 4.93. The lowest BCUT2D eigenvalue weighted by Gasteiger charge is -2.57. The van der Waals surface area contributed by atoms with Crippen molar-refractivity contribution in [3.05, 3.63) is 28.2 Å². The molecule has 0 radical (unpaired) electrons. The zero-order chi connectivity index (χ0) is 13.0. The third-order valence-corrected chi connectivity index (χ3v) is 6.26. The molecule has 1 aromatic rings. The van der Waals surface area contributed by atoms with E-state index in [9.17, 15) is 0 Å². The molecule has 0 spiro atoms. The van der Waals surface area contributed by atoms with Crippen molar-refractivity contribution in [1.29, 1.82) is 0 Å². The summed E-state index contributed by atoms with van der Waals surface area (Å²) < 4.78 is 6.86. The van der Waals surface area contributed by atoms with Crippen LogP contribution in [0.4, 0.5) is 0 Å². The van der Waals surface area contributed by atoms with Gasteiger partial charge in [-0.1, -0.05) is 15.9 Å². The molecule has 0 N–H and O–H groups in total. The van der Waals surface area contributed by atoms with Crippen molar-refractivity contribution in [1.82, 2.24) is 0 Å². The van der Waals surface area contributed by atoms with Crippen LogP contribution in [0.3, 0.4) is 0 Å². The van der Waals surface area contributed by atoms with Crippen molar-refractivity contribution in [3.8, 4) is 5.75 Å². The molecule has 0 amide bonds. The van der Waals surface area contributed by atoms with E-state index in [4.69, 9.17) is 4.74 Å². The van der Waals surface area contributed by atoms with E-state index in [1.165, 1.54) is 48.6 Å². The van der Waals surface area contributed by atoms with Gasteiger partial charge in [0.25, 0.3) is 0 Å². The van der Waals surface area contributed by atoms with Crippen molar-refractivity contribution in [2.75, 3.05) is 7.11 Å². The minimum Gasteiger partial charge on any atom is -0.496 e. The quantitative estimate of drug-likeness (QED) is 0.751. The summed E-state index contributed by atoms with van der Waals surface area (Å²) in [5.41, 5.74) is 1.90. The van der Waals surface area contributed by atoms with Gasteiger partial charge in [0.15, 0.2) is 0 Å². The SMILES string of the molecule is COc1ccc(Br)cc1C12CC3CC(CC(C3)C1)C2. The molecule has 4 saturated carbocycles. The first-order chi connectivity index (χ1) is 9.18. The van der Waals surface area contributed by atoms with Crippen LogP contribution in [0.1, 0.15) is 44.1 Å². The lowest BCUT2D eigenvalue weighted by atomic mass is 9.48. The summed E-state index contributed by atoms with van der Waals surface area (Å²) in [6.45, 7) is 0. The molecule has 0 atom stereocenters. The number of hydrogen-bond acceptors (Lipinski definition) is 1. The van der Waals surface area contributed by atoms with Gasteiger partial charge in [-0.05, 0) is 79.9 Å². The maximum absolute atomic E-state index is 5.67. The van der Waals surface area contributed by atoms with Crippen molar-refractivity contribution >= 4 is 15.9 Å². The van der Waals surface area contributed by atoms with Gasteiger partial charge < -0.3 is 4.74 Å². The molecule has 0 aliphatic heterocycles. The second-order valence-electron chi connectivity index (χ2n) is 7.04. The second-order valence-corrected chi connectivity index (χ2v) is 7.96. The third-order valence-electron chi connectivity index (χ3n) is 5.77. The summed E-state index contributed by atoms with van der Waals surface area (Å²) >= 11 is 3.65. The molecule has 19 heavy (non-hydrogen) atoms. The highest BCUT2D eigenvalue weighted by Gasteiger charge is 2.52. The molecule has 1 nitrogen and oxygen atoms in total. The molecule has 0 aromatic heterocycles. The fourth-order valence-electron chi connectivity index (χ4n) is 5.54. The summed E-state index contributed by atoms with van der Waals surface area (Å²) in [6.07, 6.45) is 8.67. The fraction of sp³-hybridized carbons (Fsp3) is 0.647. The second kappa shape index (κ2) is 4.25. The van der Waals surface area contributed by atoms with E-state index in [-0.39, 0.29) is 0 Å². The van der Waals surface area contributed by atoms with E-state index in [2.05, 4.69) is 34.1 Å². The van der Waals surface area contributed by atoms with E-state index in [0.29, 0.717) is 5.41 Å². The van der Waals surface area contributed by atoms with Crippen LogP contribution in [0.5, 0.6) is 5.75 Å². The van der Waals surface area contributed by atoms with Gasteiger partial charge in [-0.25, -0.2) is 0 Å². The van der Waals surface area contributed by atoms with Crippen LogP contribution in [0.15, 0.2) is 22.7 Å². The summed E-state index contributed by atoms with van der Waals surface area (Å²) in [7, 11) is 1.81. The minimum atomic E-state index is 0.421. The van der Waals surface area contributed by atoms with Gasteiger partial charge in [0.05, 0.1) is 7.11 Å². The average molecular weight is 321 g/mol. The van der Waals surface area contributed by atoms with E-state index in [1.807, 2.05) is 7.11 Å². The number of benzene rings is 1. The highest BCUT2D eigenvalue weighted by molar-refractivity contribution is 9.10. The Morgan fingerprint density at radius 3 is 2.16 bits per heavy atom.